The second kappa shape index (κ2) is 6.24. The maximum Gasteiger partial charge on any atom is 0.262 e. The third kappa shape index (κ3) is 3.12. The second-order valence-electron chi connectivity index (χ2n) is 5.74. The van der Waals surface area contributed by atoms with Crippen LogP contribution in [-0.2, 0) is 16.4 Å². The number of hydrogen-bond acceptors (Lipinski definition) is 5. The molecule has 24 heavy (non-hydrogen) atoms. The Morgan fingerprint density at radius 1 is 1.12 bits per heavy atom. The van der Waals surface area contributed by atoms with Crippen LogP contribution in [0.15, 0.2) is 41.3 Å². The number of anilines is 2. The predicted molar refractivity (Wildman–Crippen MR) is 93.6 cm³/mol. The van der Waals surface area contributed by atoms with Crippen molar-refractivity contribution in [3.8, 4) is 11.5 Å². The summed E-state index contributed by atoms with van der Waals surface area (Å²) in [5, 5.41) is 3.31. The lowest BCUT2D eigenvalue weighted by atomic mass is 10.1. The van der Waals surface area contributed by atoms with Crippen molar-refractivity contribution in [1.29, 1.82) is 0 Å². The van der Waals surface area contributed by atoms with E-state index in [9.17, 15) is 8.42 Å². The van der Waals surface area contributed by atoms with Crippen molar-refractivity contribution < 1.29 is 17.9 Å². The SMILES string of the molecule is COc1ccc(OC)c(NS(=O)(=O)c2ccc3c(c2)C[C@@H](C)N3)c1. The van der Waals surface area contributed by atoms with Gasteiger partial charge in [-0.05, 0) is 49.2 Å². The summed E-state index contributed by atoms with van der Waals surface area (Å²) < 4.78 is 38.4. The van der Waals surface area contributed by atoms with E-state index in [0.29, 0.717) is 23.2 Å². The van der Waals surface area contributed by atoms with E-state index in [4.69, 9.17) is 9.47 Å². The van der Waals surface area contributed by atoms with E-state index in [1.54, 1.807) is 36.4 Å². The van der Waals surface area contributed by atoms with Gasteiger partial charge in [0.25, 0.3) is 10.0 Å². The van der Waals surface area contributed by atoms with E-state index >= 15 is 0 Å². The largest absolute Gasteiger partial charge is 0.497 e. The number of ether oxygens (including phenoxy) is 2. The molecule has 0 saturated heterocycles. The van der Waals surface area contributed by atoms with Gasteiger partial charge in [-0.3, -0.25) is 4.72 Å². The summed E-state index contributed by atoms with van der Waals surface area (Å²) >= 11 is 0. The summed E-state index contributed by atoms with van der Waals surface area (Å²) in [6, 6.07) is 10.4. The summed E-state index contributed by atoms with van der Waals surface area (Å²) in [6.45, 7) is 2.06. The van der Waals surface area contributed by atoms with Crippen LogP contribution in [0.4, 0.5) is 11.4 Å². The molecule has 2 aromatic carbocycles. The highest BCUT2D eigenvalue weighted by molar-refractivity contribution is 7.92. The lowest BCUT2D eigenvalue weighted by Gasteiger charge is -2.13. The first kappa shape index (κ1) is 16.4. The maximum atomic E-state index is 12.7. The van der Waals surface area contributed by atoms with Gasteiger partial charge in [0, 0.05) is 17.8 Å². The first-order valence-electron chi connectivity index (χ1n) is 7.57. The van der Waals surface area contributed by atoms with Crippen LogP contribution in [0.2, 0.25) is 0 Å². The van der Waals surface area contributed by atoms with Crippen LogP contribution in [0.5, 0.6) is 11.5 Å². The minimum Gasteiger partial charge on any atom is -0.497 e. The summed E-state index contributed by atoms with van der Waals surface area (Å²) in [5.41, 5.74) is 2.33. The lowest BCUT2D eigenvalue weighted by Crippen LogP contribution is -2.14. The molecule has 2 aromatic rings. The molecule has 128 valence electrons. The average molecular weight is 348 g/mol. The molecule has 0 aliphatic carbocycles. The first-order valence-corrected chi connectivity index (χ1v) is 9.05. The van der Waals surface area contributed by atoms with Gasteiger partial charge in [0.15, 0.2) is 0 Å². The van der Waals surface area contributed by atoms with Gasteiger partial charge in [0.1, 0.15) is 11.5 Å². The molecule has 0 fully saturated rings. The molecule has 0 unspecified atom stereocenters. The Balaban J connectivity index is 1.94. The molecule has 3 rings (SSSR count). The molecule has 0 bridgehead atoms. The van der Waals surface area contributed by atoms with E-state index in [1.807, 2.05) is 0 Å². The van der Waals surface area contributed by atoms with Crippen molar-refractivity contribution in [3.63, 3.8) is 0 Å². The van der Waals surface area contributed by atoms with Gasteiger partial charge in [-0.1, -0.05) is 0 Å². The van der Waals surface area contributed by atoms with Gasteiger partial charge in [0.05, 0.1) is 24.8 Å². The highest BCUT2D eigenvalue weighted by Crippen LogP contribution is 2.32. The van der Waals surface area contributed by atoms with E-state index < -0.39 is 10.0 Å². The van der Waals surface area contributed by atoms with E-state index in [-0.39, 0.29) is 4.90 Å². The Morgan fingerprint density at radius 3 is 2.62 bits per heavy atom. The fraction of sp³-hybridized carbons (Fsp3) is 0.294. The van der Waals surface area contributed by atoms with Gasteiger partial charge in [-0.15, -0.1) is 0 Å². The van der Waals surface area contributed by atoms with Crippen LogP contribution >= 0.6 is 0 Å². The first-order chi connectivity index (χ1) is 11.4. The fourth-order valence-electron chi connectivity index (χ4n) is 2.79. The Hall–Kier alpha value is -2.41. The second-order valence-corrected chi connectivity index (χ2v) is 7.42. The third-order valence-corrected chi connectivity index (χ3v) is 5.33. The maximum absolute atomic E-state index is 12.7. The van der Waals surface area contributed by atoms with Crippen molar-refractivity contribution in [2.45, 2.75) is 24.3 Å². The molecule has 0 aromatic heterocycles. The molecule has 0 saturated carbocycles. The molecule has 1 aliphatic heterocycles. The minimum absolute atomic E-state index is 0.224. The summed E-state index contributed by atoms with van der Waals surface area (Å²) in [7, 11) is -0.713. The van der Waals surface area contributed by atoms with Crippen LogP contribution in [-0.4, -0.2) is 28.7 Å². The van der Waals surface area contributed by atoms with Gasteiger partial charge in [-0.2, -0.15) is 0 Å². The molecule has 0 amide bonds. The molecule has 1 heterocycles. The Kier molecular flexibility index (Phi) is 4.28. The van der Waals surface area contributed by atoms with Gasteiger partial charge in [-0.25, -0.2) is 8.42 Å². The standard InChI is InChI=1S/C17H20N2O4S/c1-11-8-12-9-14(5-6-15(12)18-11)24(20,21)19-16-10-13(22-2)4-7-17(16)23-3/h4-7,9-11,18-19H,8H2,1-3H3/t11-/m1/s1. The smallest absolute Gasteiger partial charge is 0.262 e. The van der Waals surface area contributed by atoms with Gasteiger partial charge >= 0.3 is 0 Å². The molecule has 0 radical (unpaired) electrons. The van der Waals surface area contributed by atoms with Gasteiger partial charge in [0.2, 0.25) is 0 Å². The van der Waals surface area contributed by atoms with E-state index in [0.717, 1.165) is 17.7 Å². The molecule has 7 heteroatoms. The number of rotatable bonds is 5. The zero-order valence-corrected chi connectivity index (χ0v) is 14.6. The average Bonchev–Trinajstić information content (AvgIpc) is 2.93. The number of nitrogens with one attached hydrogen (secondary N) is 2. The van der Waals surface area contributed by atoms with Crippen LogP contribution < -0.4 is 19.5 Å². The van der Waals surface area contributed by atoms with Crippen molar-refractivity contribution >= 4 is 21.4 Å². The molecular formula is C17H20N2O4S. The van der Waals surface area contributed by atoms with E-state index in [2.05, 4.69) is 17.0 Å². The van der Waals surface area contributed by atoms with Crippen molar-refractivity contribution in [2.75, 3.05) is 24.3 Å². The Morgan fingerprint density at radius 2 is 1.92 bits per heavy atom. The zero-order chi connectivity index (χ0) is 17.3. The highest BCUT2D eigenvalue weighted by Gasteiger charge is 2.22. The van der Waals surface area contributed by atoms with Crippen LogP contribution in [0.3, 0.4) is 0 Å². The summed E-state index contributed by atoms with van der Waals surface area (Å²) in [4.78, 5) is 0.224. The predicted octanol–water partition coefficient (Wildman–Crippen LogP) is 2.86. The Bertz CT molecular complexity index is 865. The number of fused-ring (bicyclic) bond motifs is 1. The van der Waals surface area contributed by atoms with Crippen LogP contribution in [0, 0.1) is 0 Å². The molecular weight excluding hydrogens is 328 g/mol. The monoisotopic (exact) mass is 348 g/mol. The van der Waals surface area contributed by atoms with Gasteiger partial charge < -0.3 is 14.8 Å². The third-order valence-electron chi connectivity index (χ3n) is 3.97. The zero-order valence-electron chi connectivity index (χ0n) is 13.8. The minimum atomic E-state index is -3.72. The molecule has 1 aliphatic rings. The number of sulfonamides is 1. The molecule has 0 spiro atoms. The molecule has 2 N–H and O–H groups in total. The van der Waals surface area contributed by atoms with E-state index in [1.165, 1.54) is 14.2 Å². The fourth-order valence-corrected chi connectivity index (χ4v) is 3.90. The van der Waals surface area contributed by atoms with Crippen molar-refractivity contribution in [1.82, 2.24) is 0 Å². The van der Waals surface area contributed by atoms with Crippen molar-refractivity contribution in [2.24, 2.45) is 0 Å². The van der Waals surface area contributed by atoms with Crippen molar-refractivity contribution in [3.05, 3.63) is 42.0 Å². The number of hydrogen-bond donors (Lipinski definition) is 2. The number of methoxy groups -OCH3 is 2. The molecule has 6 nitrogen and oxygen atoms in total. The highest BCUT2D eigenvalue weighted by atomic mass is 32.2. The number of benzene rings is 2. The molecule has 1 atom stereocenters. The Labute approximate surface area is 141 Å². The topological polar surface area (TPSA) is 76.7 Å². The normalized spacial score (nSPS) is 16.2. The van der Waals surface area contributed by atoms with Crippen LogP contribution in [0.1, 0.15) is 12.5 Å². The summed E-state index contributed by atoms with van der Waals surface area (Å²) in [6.07, 6.45) is 0.807. The van der Waals surface area contributed by atoms with Crippen LogP contribution in [0.25, 0.3) is 0 Å². The lowest BCUT2D eigenvalue weighted by molar-refractivity contribution is 0.405. The quantitative estimate of drug-likeness (QED) is 0.869. The summed E-state index contributed by atoms with van der Waals surface area (Å²) in [5.74, 6) is 0.969.